The summed E-state index contributed by atoms with van der Waals surface area (Å²) < 4.78 is 13.0. The number of hydrogen-bond acceptors (Lipinski definition) is 4. The van der Waals surface area contributed by atoms with Gasteiger partial charge in [0.05, 0.1) is 22.7 Å². The van der Waals surface area contributed by atoms with Crippen LogP contribution < -0.4 is 10.3 Å². The first kappa shape index (κ1) is 27.8. The van der Waals surface area contributed by atoms with Crippen molar-refractivity contribution in [3.8, 4) is 16.9 Å². The Balaban J connectivity index is 1.68. The molecule has 0 spiro atoms. The summed E-state index contributed by atoms with van der Waals surface area (Å²) in [6.45, 7) is 10.7. The highest BCUT2D eigenvalue weighted by molar-refractivity contribution is 14.1. The zero-order chi connectivity index (χ0) is 26.9. The fourth-order valence-electron chi connectivity index (χ4n) is 4.95. The number of aromatic nitrogens is 1. The van der Waals surface area contributed by atoms with E-state index < -0.39 is 5.60 Å². The number of carbonyl (C=O) groups excluding carboxylic acids is 1. The van der Waals surface area contributed by atoms with Crippen molar-refractivity contribution in [2.24, 2.45) is 0 Å². The molecular formula is C29H34ClIN2O4. The molecule has 2 aromatic carbocycles. The first-order valence-corrected chi connectivity index (χ1v) is 14.1. The number of amides is 1. The molecule has 0 saturated carbocycles. The van der Waals surface area contributed by atoms with Gasteiger partial charge in [0.1, 0.15) is 11.4 Å². The van der Waals surface area contributed by atoms with Crippen LogP contribution in [-0.2, 0) is 4.74 Å². The number of pyridine rings is 1. The predicted molar refractivity (Wildman–Crippen MR) is 158 cm³/mol. The highest BCUT2D eigenvalue weighted by Crippen LogP contribution is 2.37. The number of rotatable bonds is 5. The normalized spacial score (nSPS) is 16.2. The second kappa shape index (κ2) is 11.2. The van der Waals surface area contributed by atoms with Crippen LogP contribution in [0.5, 0.6) is 5.75 Å². The lowest BCUT2D eigenvalue weighted by Gasteiger charge is -2.36. The molecule has 0 aliphatic carbocycles. The van der Waals surface area contributed by atoms with E-state index in [1.54, 1.807) is 6.07 Å². The van der Waals surface area contributed by atoms with E-state index in [4.69, 9.17) is 21.1 Å². The third-order valence-corrected chi connectivity index (χ3v) is 7.99. The van der Waals surface area contributed by atoms with Crippen molar-refractivity contribution in [2.75, 3.05) is 13.2 Å². The summed E-state index contributed by atoms with van der Waals surface area (Å²) in [5, 5.41) is 1.37. The molecule has 1 aliphatic heterocycles. The molecule has 3 aromatic rings. The van der Waals surface area contributed by atoms with Gasteiger partial charge in [0.15, 0.2) is 0 Å². The smallest absolute Gasteiger partial charge is 0.410 e. The van der Waals surface area contributed by atoms with Gasteiger partial charge in [-0.1, -0.05) is 40.9 Å². The lowest BCUT2D eigenvalue weighted by Crippen LogP contribution is -2.46. The second-order valence-electron chi connectivity index (χ2n) is 10.8. The number of aromatic amines is 1. The van der Waals surface area contributed by atoms with Gasteiger partial charge in [0.25, 0.3) is 5.56 Å². The summed E-state index contributed by atoms with van der Waals surface area (Å²) in [6.07, 6.45) is 3.29. The number of ether oxygens (including phenoxy) is 2. The summed E-state index contributed by atoms with van der Waals surface area (Å²) in [7, 11) is 0. The maximum absolute atomic E-state index is 13.4. The number of nitrogens with zero attached hydrogens (tertiary/aromatic N) is 1. The summed E-state index contributed by atoms with van der Waals surface area (Å²) in [5.41, 5.74) is 3.32. The molecule has 2 heterocycles. The van der Waals surface area contributed by atoms with E-state index in [0.29, 0.717) is 41.4 Å². The van der Waals surface area contributed by atoms with Crippen LogP contribution in [0, 0.1) is 17.4 Å². The zero-order valence-corrected chi connectivity index (χ0v) is 25.0. The standard InChI is InChI=1S/C29H34ClIN2O4/c1-17-12-18(2)14-19(13-17)25-26(21-15-23(31)22(30)16-24(21)32-27(25)34)36-11-9-20-8-6-7-10-33(20)28(35)37-29(3,4)5/h12-16,20H,6-11H2,1-5H3,(H,32,34)/t20-/m1/s1. The van der Waals surface area contributed by atoms with Gasteiger partial charge in [-0.2, -0.15) is 0 Å². The molecule has 1 aliphatic rings. The van der Waals surface area contributed by atoms with E-state index in [9.17, 15) is 9.59 Å². The summed E-state index contributed by atoms with van der Waals surface area (Å²) in [4.78, 5) is 31.0. The van der Waals surface area contributed by atoms with Crippen LogP contribution in [0.2, 0.25) is 5.02 Å². The Morgan fingerprint density at radius 3 is 2.51 bits per heavy atom. The molecule has 37 heavy (non-hydrogen) atoms. The number of nitrogens with one attached hydrogen (secondary N) is 1. The van der Waals surface area contributed by atoms with Gasteiger partial charge in [-0.3, -0.25) is 4.79 Å². The van der Waals surface area contributed by atoms with Crippen LogP contribution >= 0.6 is 34.2 Å². The van der Waals surface area contributed by atoms with Gasteiger partial charge in [0.2, 0.25) is 0 Å². The molecule has 1 amide bonds. The molecule has 8 heteroatoms. The Morgan fingerprint density at radius 1 is 1.14 bits per heavy atom. The molecule has 1 atom stereocenters. The highest BCUT2D eigenvalue weighted by Gasteiger charge is 2.30. The van der Waals surface area contributed by atoms with Crippen molar-refractivity contribution in [3.63, 3.8) is 0 Å². The Morgan fingerprint density at radius 2 is 1.84 bits per heavy atom. The largest absolute Gasteiger partial charge is 0.492 e. The first-order valence-electron chi connectivity index (χ1n) is 12.7. The Bertz CT molecular complexity index is 1360. The third-order valence-electron chi connectivity index (χ3n) is 6.47. The summed E-state index contributed by atoms with van der Waals surface area (Å²) in [5.74, 6) is 0.540. The molecule has 0 bridgehead atoms. The topological polar surface area (TPSA) is 71.6 Å². The van der Waals surface area contributed by atoms with Gasteiger partial charge in [-0.15, -0.1) is 0 Å². The van der Waals surface area contributed by atoms with Crippen LogP contribution in [0.4, 0.5) is 4.79 Å². The average molecular weight is 637 g/mol. The SMILES string of the molecule is Cc1cc(C)cc(-c2c(OCC[C@H]3CCCCN3C(=O)OC(C)(C)C)c3cc(I)c(Cl)cc3[nH]c2=O)c1. The highest BCUT2D eigenvalue weighted by atomic mass is 127. The van der Waals surface area contributed by atoms with E-state index >= 15 is 0 Å². The number of carbonyl (C=O) groups is 1. The van der Waals surface area contributed by atoms with Crippen molar-refractivity contribution < 1.29 is 14.3 Å². The van der Waals surface area contributed by atoms with E-state index in [1.165, 1.54) is 0 Å². The molecule has 0 unspecified atom stereocenters. The number of likely N-dealkylation sites (tertiary alicyclic amines) is 1. The monoisotopic (exact) mass is 636 g/mol. The van der Waals surface area contributed by atoms with Crippen molar-refractivity contribution in [1.82, 2.24) is 9.88 Å². The zero-order valence-electron chi connectivity index (χ0n) is 22.0. The summed E-state index contributed by atoms with van der Waals surface area (Å²) >= 11 is 8.56. The van der Waals surface area contributed by atoms with Crippen LogP contribution in [0.3, 0.4) is 0 Å². The van der Waals surface area contributed by atoms with Gasteiger partial charge >= 0.3 is 6.09 Å². The minimum atomic E-state index is -0.543. The first-order chi connectivity index (χ1) is 17.4. The second-order valence-corrected chi connectivity index (χ2v) is 12.4. The number of piperidine rings is 1. The average Bonchev–Trinajstić information content (AvgIpc) is 2.79. The molecule has 1 fully saturated rings. The Labute approximate surface area is 236 Å². The molecule has 1 N–H and O–H groups in total. The summed E-state index contributed by atoms with van der Waals surface area (Å²) in [6, 6.07) is 9.82. The van der Waals surface area contributed by atoms with Crippen LogP contribution in [-0.4, -0.2) is 40.8 Å². The Hall–Kier alpha value is -2.26. The molecule has 198 valence electrons. The number of halogens is 2. The van der Waals surface area contributed by atoms with Gasteiger partial charge in [0, 0.05) is 28.0 Å². The minimum Gasteiger partial charge on any atom is -0.492 e. The number of aryl methyl sites for hydroxylation is 2. The van der Waals surface area contributed by atoms with Gasteiger partial charge in [-0.05, 0) is 94.2 Å². The van der Waals surface area contributed by atoms with Crippen molar-refractivity contribution in [2.45, 2.75) is 71.9 Å². The van der Waals surface area contributed by atoms with Crippen molar-refractivity contribution in [3.05, 3.63) is 60.4 Å². The molecular weight excluding hydrogens is 603 g/mol. The lowest BCUT2D eigenvalue weighted by atomic mass is 9.99. The van der Waals surface area contributed by atoms with Crippen molar-refractivity contribution >= 4 is 51.2 Å². The minimum absolute atomic E-state index is 0.0242. The van der Waals surface area contributed by atoms with E-state index in [-0.39, 0.29) is 17.7 Å². The fraction of sp³-hybridized carbons (Fsp3) is 0.448. The lowest BCUT2D eigenvalue weighted by molar-refractivity contribution is 0.00745. The number of fused-ring (bicyclic) bond motifs is 1. The molecule has 6 nitrogen and oxygen atoms in total. The van der Waals surface area contributed by atoms with Crippen LogP contribution in [0.25, 0.3) is 22.0 Å². The van der Waals surface area contributed by atoms with Crippen LogP contribution in [0.15, 0.2) is 35.1 Å². The Kier molecular flexibility index (Phi) is 8.43. The maximum atomic E-state index is 13.4. The maximum Gasteiger partial charge on any atom is 0.410 e. The third kappa shape index (κ3) is 6.60. The number of hydrogen-bond donors (Lipinski definition) is 1. The molecule has 4 rings (SSSR count). The van der Waals surface area contributed by atoms with Gasteiger partial charge < -0.3 is 19.4 Å². The number of H-pyrrole nitrogens is 1. The quantitative estimate of drug-likeness (QED) is 0.293. The number of benzene rings is 2. The fourth-order valence-corrected chi connectivity index (χ4v) is 5.58. The van der Waals surface area contributed by atoms with Gasteiger partial charge in [-0.25, -0.2) is 4.79 Å². The van der Waals surface area contributed by atoms with Crippen LogP contribution in [0.1, 0.15) is 57.6 Å². The van der Waals surface area contributed by atoms with E-state index in [1.807, 2.05) is 57.7 Å². The molecule has 1 saturated heterocycles. The predicted octanol–water partition coefficient (Wildman–Crippen LogP) is 7.63. The molecule has 1 aromatic heterocycles. The van der Waals surface area contributed by atoms with E-state index in [2.05, 4.69) is 33.6 Å². The van der Waals surface area contributed by atoms with E-state index in [0.717, 1.165) is 44.9 Å². The molecule has 0 radical (unpaired) electrons. The van der Waals surface area contributed by atoms with Crippen molar-refractivity contribution in [1.29, 1.82) is 0 Å².